The van der Waals surface area contributed by atoms with Crippen molar-refractivity contribution in [2.75, 3.05) is 14.1 Å². The molecule has 0 N–H and O–H groups in total. The third kappa shape index (κ3) is 4.50. The van der Waals surface area contributed by atoms with Gasteiger partial charge in [-0.05, 0) is 24.5 Å². The van der Waals surface area contributed by atoms with Crippen LogP contribution in [0.3, 0.4) is 0 Å². The number of carbonyl (C=O) groups is 4. The monoisotopic (exact) mass is 422 g/mol. The lowest BCUT2D eigenvalue weighted by atomic mass is 10.0. The molecule has 1 heterocycles. The normalized spacial score (nSPS) is 14.9. The molecule has 162 valence electrons. The van der Waals surface area contributed by atoms with E-state index in [0.29, 0.717) is 5.56 Å². The predicted octanol–water partition coefficient (Wildman–Crippen LogP) is 3.07. The van der Waals surface area contributed by atoms with Gasteiger partial charge in [-0.1, -0.05) is 56.3 Å². The van der Waals surface area contributed by atoms with Gasteiger partial charge < -0.3 is 9.64 Å². The second-order valence-corrected chi connectivity index (χ2v) is 8.13. The molecule has 31 heavy (non-hydrogen) atoms. The SMILES string of the molecule is CC(C)C[C@@H](C(=O)O[C@@H](C(=O)N(C)C)c1ccccc1)N1C(=O)c2ccccc2C1=O. The van der Waals surface area contributed by atoms with Crippen LogP contribution in [0.2, 0.25) is 0 Å². The van der Waals surface area contributed by atoms with E-state index in [0.717, 1.165) is 4.90 Å². The zero-order valence-corrected chi connectivity index (χ0v) is 18.1. The van der Waals surface area contributed by atoms with E-state index in [9.17, 15) is 19.2 Å². The maximum absolute atomic E-state index is 13.3. The maximum Gasteiger partial charge on any atom is 0.330 e. The first kappa shape index (κ1) is 22.2. The van der Waals surface area contributed by atoms with Crippen molar-refractivity contribution in [3.63, 3.8) is 0 Å². The maximum atomic E-state index is 13.3. The van der Waals surface area contributed by atoms with Crippen LogP contribution in [0.5, 0.6) is 0 Å². The van der Waals surface area contributed by atoms with Crippen molar-refractivity contribution < 1.29 is 23.9 Å². The minimum atomic E-state index is -1.17. The summed E-state index contributed by atoms with van der Waals surface area (Å²) in [5, 5.41) is 0. The van der Waals surface area contributed by atoms with Crippen LogP contribution >= 0.6 is 0 Å². The van der Waals surface area contributed by atoms with Crippen LogP contribution in [0.15, 0.2) is 54.6 Å². The summed E-state index contributed by atoms with van der Waals surface area (Å²) in [4.78, 5) is 54.2. The quantitative estimate of drug-likeness (QED) is 0.506. The van der Waals surface area contributed by atoms with Gasteiger partial charge in [0, 0.05) is 19.7 Å². The molecule has 0 aromatic heterocycles. The molecule has 0 spiro atoms. The Hall–Kier alpha value is -3.48. The Morgan fingerprint density at radius 1 is 0.903 bits per heavy atom. The number of benzene rings is 2. The number of fused-ring (bicyclic) bond motifs is 1. The van der Waals surface area contributed by atoms with Gasteiger partial charge in [0.2, 0.25) is 6.10 Å². The highest BCUT2D eigenvalue weighted by atomic mass is 16.6. The Bertz CT molecular complexity index is 965. The van der Waals surface area contributed by atoms with Gasteiger partial charge in [0.25, 0.3) is 17.7 Å². The second-order valence-electron chi connectivity index (χ2n) is 8.13. The largest absolute Gasteiger partial charge is 0.446 e. The predicted molar refractivity (Wildman–Crippen MR) is 114 cm³/mol. The summed E-state index contributed by atoms with van der Waals surface area (Å²) < 4.78 is 5.65. The summed E-state index contributed by atoms with van der Waals surface area (Å²) in [7, 11) is 3.14. The summed E-state index contributed by atoms with van der Waals surface area (Å²) in [6.07, 6.45) is -0.948. The number of hydrogen-bond donors (Lipinski definition) is 0. The van der Waals surface area contributed by atoms with Gasteiger partial charge >= 0.3 is 5.97 Å². The van der Waals surface area contributed by atoms with E-state index in [1.807, 2.05) is 13.8 Å². The molecule has 3 amide bonds. The minimum absolute atomic E-state index is 0.00147. The Labute approximate surface area is 181 Å². The van der Waals surface area contributed by atoms with Gasteiger partial charge in [0.1, 0.15) is 6.04 Å². The molecule has 7 heteroatoms. The number of carbonyl (C=O) groups excluding carboxylic acids is 4. The summed E-state index contributed by atoms with van der Waals surface area (Å²) in [5.74, 6) is -2.25. The molecule has 2 aromatic carbocycles. The van der Waals surface area contributed by atoms with E-state index >= 15 is 0 Å². The van der Waals surface area contributed by atoms with Crippen LogP contribution in [-0.4, -0.2) is 53.6 Å². The number of imide groups is 1. The molecule has 1 aliphatic rings. The summed E-state index contributed by atoms with van der Waals surface area (Å²) >= 11 is 0. The first-order valence-corrected chi connectivity index (χ1v) is 10.2. The topological polar surface area (TPSA) is 84.0 Å². The van der Waals surface area contributed by atoms with Crippen molar-refractivity contribution in [1.82, 2.24) is 9.80 Å². The fourth-order valence-electron chi connectivity index (χ4n) is 3.56. The van der Waals surface area contributed by atoms with Gasteiger partial charge in [-0.15, -0.1) is 0 Å². The summed E-state index contributed by atoms with van der Waals surface area (Å²) in [5.41, 5.74) is 1.04. The molecule has 0 aliphatic carbocycles. The minimum Gasteiger partial charge on any atom is -0.446 e. The van der Waals surface area contributed by atoms with Crippen LogP contribution in [0.4, 0.5) is 0 Å². The molecule has 7 nitrogen and oxygen atoms in total. The van der Waals surface area contributed by atoms with Crippen LogP contribution < -0.4 is 0 Å². The third-order valence-electron chi connectivity index (χ3n) is 5.11. The van der Waals surface area contributed by atoms with E-state index in [1.165, 1.54) is 4.90 Å². The molecule has 2 atom stereocenters. The fraction of sp³-hybridized carbons (Fsp3) is 0.333. The van der Waals surface area contributed by atoms with Gasteiger partial charge in [0.05, 0.1) is 11.1 Å². The number of rotatable bonds is 7. The number of ether oxygens (including phenoxy) is 1. The zero-order valence-electron chi connectivity index (χ0n) is 18.1. The van der Waals surface area contributed by atoms with E-state index < -0.39 is 35.8 Å². The highest BCUT2D eigenvalue weighted by Gasteiger charge is 2.44. The number of hydrogen-bond acceptors (Lipinski definition) is 5. The standard InChI is InChI=1S/C24H26N2O5/c1-15(2)14-19(26-21(27)17-12-8-9-13-18(17)22(26)28)24(30)31-20(23(29)25(3)4)16-10-6-5-7-11-16/h5-13,15,19-20H,14H2,1-4H3/t19-,20+/m0/s1. The molecule has 0 fully saturated rings. The molecule has 1 aliphatic heterocycles. The van der Waals surface area contributed by atoms with E-state index in [2.05, 4.69) is 0 Å². The lowest BCUT2D eigenvalue weighted by Crippen LogP contribution is -2.47. The third-order valence-corrected chi connectivity index (χ3v) is 5.11. The summed E-state index contributed by atoms with van der Waals surface area (Å²) in [6, 6.07) is 14.0. The number of nitrogens with zero attached hydrogens (tertiary/aromatic N) is 2. The molecule has 0 radical (unpaired) electrons. The molecule has 0 unspecified atom stereocenters. The number of amides is 3. The van der Waals surface area contributed by atoms with Crippen LogP contribution in [0, 0.1) is 5.92 Å². The van der Waals surface area contributed by atoms with Crippen molar-refractivity contribution in [3.05, 3.63) is 71.3 Å². The van der Waals surface area contributed by atoms with E-state index in [-0.39, 0.29) is 23.5 Å². The Balaban J connectivity index is 1.94. The molecule has 2 aromatic rings. The number of esters is 1. The molecule has 0 saturated heterocycles. The zero-order chi connectivity index (χ0) is 22.7. The molecule has 0 bridgehead atoms. The molecular weight excluding hydrogens is 396 g/mol. The average molecular weight is 422 g/mol. The van der Waals surface area contributed by atoms with Gasteiger partial charge in [-0.3, -0.25) is 19.3 Å². The van der Waals surface area contributed by atoms with Crippen molar-refractivity contribution >= 4 is 23.7 Å². The smallest absolute Gasteiger partial charge is 0.330 e. The molecule has 3 rings (SSSR count). The van der Waals surface area contributed by atoms with Crippen molar-refractivity contribution in [2.24, 2.45) is 5.92 Å². The van der Waals surface area contributed by atoms with Gasteiger partial charge in [-0.2, -0.15) is 0 Å². The fourth-order valence-corrected chi connectivity index (χ4v) is 3.56. The highest BCUT2D eigenvalue weighted by Crippen LogP contribution is 2.29. The van der Waals surface area contributed by atoms with Crippen molar-refractivity contribution in [3.8, 4) is 0 Å². The second kappa shape index (κ2) is 9.12. The lowest BCUT2D eigenvalue weighted by molar-refractivity contribution is -0.163. The van der Waals surface area contributed by atoms with E-state index in [1.54, 1.807) is 68.7 Å². The van der Waals surface area contributed by atoms with Crippen molar-refractivity contribution in [2.45, 2.75) is 32.4 Å². The van der Waals surface area contributed by atoms with E-state index in [4.69, 9.17) is 4.74 Å². The summed E-state index contributed by atoms with van der Waals surface area (Å²) in [6.45, 7) is 3.77. The van der Waals surface area contributed by atoms with Crippen LogP contribution in [0.25, 0.3) is 0 Å². The Kier molecular flexibility index (Phi) is 6.53. The first-order chi connectivity index (χ1) is 14.7. The highest BCUT2D eigenvalue weighted by molar-refractivity contribution is 6.22. The lowest BCUT2D eigenvalue weighted by Gasteiger charge is -2.28. The Morgan fingerprint density at radius 2 is 1.42 bits per heavy atom. The van der Waals surface area contributed by atoms with Crippen molar-refractivity contribution in [1.29, 1.82) is 0 Å². The van der Waals surface area contributed by atoms with Crippen LogP contribution in [0.1, 0.15) is 52.7 Å². The van der Waals surface area contributed by atoms with Crippen LogP contribution in [-0.2, 0) is 14.3 Å². The van der Waals surface area contributed by atoms with Gasteiger partial charge in [0.15, 0.2) is 0 Å². The average Bonchev–Trinajstić information content (AvgIpc) is 3.00. The Morgan fingerprint density at radius 3 is 1.90 bits per heavy atom. The first-order valence-electron chi connectivity index (χ1n) is 10.2. The molecule has 0 saturated carbocycles. The molecular formula is C24H26N2O5. The van der Waals surface area contributed by atoms with Gasteiger partial charge in [-0.25, -0.2) is 4.79 Å². The number of likely N-dealkylation sites (N-methyl/N-ethyl adjacent to an activating group) is 1.